The normalized spacial score (nSPS) is 10.9. The fraction of sp³-hybridized carbons (Fsp3) is 0.231. The molecule has 0 spiro atoms. The third-order valence-electron chi connectivity index (χ3n) is 5.03. The van der Waals surface area contributed by atoms with E-state index in [1.54, 1.807) is 48.5 Å². The second-order valence-electron chi connectivity index (χ2n) is 7.87. The molecule has 8 nitrogen and oxygen atoms in total. The summed E-state index contributed by atoms with van der Waals surface area (Å²) in [6.45, 7) is 2.43. The van der Waals surface area contributed by atoms with Gasteiger partial charge in [0.25, 0.3) is 5.91 Å². The van der Waals surface area contributed by atoms with E-state index in [1.807, 2.05) is 37.3 Å². The summed E-state index contributed by atoms with van der Waals surface area (Å²) in [7, 11) is -3.75. The van der Waals surface area contributed by atoms with Crippen LogP contribution in [-0.4, -0.2) is 39.6 Å². The molecular formula is C26H29N3O5S. The smallest absolute Gasteiger partial charge is 0.253 e. The molecule has 2 amide bonds. The molecule has 0 aliphatic carbocycles. The van der Waals surface area contributed by atoms with Crippen molar-refractivity contribution in [2.45, 2.75) is 19.9 Å². The maximum absolute atomic E-state index is 12.8. The largest absolute Gasteiger partial charge is 0.494 e. The van der Waals surface area contributed by atoms with E-state index >= 15 is 0 Å². The second-order valence-corrected chi connectivity index (χ2v) is 9.78. The van der Waals surface area contributed by atoms with E-state index in [4.69, 9.17) is 4.74 Å². The molecule has 3 aromatic carbocycles. The summed E-state index contributed by atoms with van der Waals surface area (Å²) in [5.41, 5.74) is 1.85. The van der Waals surface area contributed by atoms with Gasteiger partial charge >= 0.3 is 0 Å². The number of hydrogen-bond donors (Lipinski definition) is 2. The molecule has 0 bridgehead atoms. The fourth-order valence-electron chi connectivity index (χ4n) is 3.31. The average molecular weight is 496 g/mol. The molecule has 2 N–H and O–H groups in total. The molecule has 0 saturated heterocycles. The van der Waals surface area contributed by atoms with Gasteiger partial charge in [0.05, 0.1) is 29.8 Å². The SMILES string of the molecule is CCCOc1ccc(N(CC(=O)Nc2ccccc2C(=O)NCc2ccccc2)S(C)(=O)=O)cc1. The van der Waals surface area contributed by atoms with Crippen LogP contribution in [0.25, 0.3) is 0 Å². The van der Waals surface area contributed by atoms with Gasteiger partial charge in [0.1, 0.15) is 12.3 Å². The average Bonchev–Trinajstić information content (AvgIpc) is 2.85. The molecule has 184 valence electrons. The number of carbonyl (C=O) groups excluding carboxylic acids is 2. The number of sulfonamides is 1. The topological polar surface area (TPSA) is 105 Å². The highest BCUT2D eigenvalue weighted by molar-refractivity contribution is 7.92. The van der Waals surface area contributed by atoms with Gasteiger partial charge in [0.15, 0.2) is 0 Å². The molecule has 35 heavy (non-hydrogen) atoms. The molecule has 0 fully saturated rings. The highest BCUT2D eigenvalue weighted by Crippen LogP contribution is 2.22. The summed E-state index contributed by atoms with van der Waals surface area (Å²) in [6, 6.07) is 22.5. The van der Waals surface area contributed by atoms with Crippen LogP contribution in [0.2, 0.25) is 0 Å². The van der Waals surface area contributed by atoms with Crippen LogP contribution in [0.3, 0.4) is 0 Å². The van der Waals surface area contributed by atoms with Gasteiger partial charge in [0.2, 0.25) is 15.9 Å². The zero-order chi connectivity index (χ0) is 25.3. The van der Waals surface area contributed by atoms with Gasteiger partial charge in [-0.1, -0.05) is 49.4 Å². The lowest BCUT2D eigenvalue weighted by atomic mass is 10.1. The number of para-hydroxylation sites is 1. The molecule has 0 heterocycles. The van der Waals surface area contributed by atoms with Crippen molar-refractivity contribution in [2.75, 3.05) is 29.0 Å². The maximum Gasteiger partial charge on any atom is 0.253 e. The molecular weight excluding hydrogens is 466 g/mol. The number of rotatable bonds is 11. The number of benzene rings is 3. The van der Waals surface area contributed by atoms with E-state index in [0.29, 0.717) is 30.3 Å². The predicted molar refractivity (Wildman–Crippen MR) is 137 cm³/mol. The molecule has 0 saturated carbocycles. The molecule has 9 heteroatoms. The Hall–Kier alpha value is -3.85. The van der Waals surface area contributed by atoms with Crippen LogP contribution in [0.4, 0.5) is 11.4 Å². The Morgan fingerprint density at radius 2 is 1.57 bits per heavy atom. The Balaban J connectivity index is 1.70. The minimum atomic E-state index is -3.75. The molecule has 3 rings (SSSR count). The minimum Gasteiger partial charge on any atom is -0.494 e. The summed E-state index contributed by atoms with van der Waals surface area (Å²) in [5, 5.41) is 5.50. The lowest BCUT2D eigenvalue weighted by Crippen LogP contribution is -2.37. The number of ether oxygens (including phenoxy) is 1. The Morgan fingerprint density at radius 3 is 2.23 bits per heavy atom. The molecule has 0 unspecified atom stereocenters. The van der Waals surface area contributed by atoms with E-state index in [9.17, 15) is 18.0 Å². The van der Waals surface area contributed by atoms with Gasteiger partial charge in [-0.3, -0.25) is 13.9 Å². The van der Waals surface area contributed by atoms with Crippen LogP contribution in [0.5, 0.6) is 5.75 Å². The third-order valence-corrected chi connectivity index (χ3v) is 6.17. The van der Waals surface area contributed by atoms with Crippen LogP contribution in [0.15, 0.2) is 78.9 Å². The highest BCUT2D eigenvalue weighted by atomic mass is 32.2. The lowest BCUT2D eigenvalue weighted by molar-refractivity contribution is -0.114. The van der Waals surface area contributed by atoms with Crippen molar-refractivity contribution in [3.63, 3.8) is 0 Å². The van der Waals surface area contributed by atoms with Gasteiger partial charge < -0.3 is 15.4 Å². The van der Waals surface area contributed by atoms with Gasteiger partial charge in [0, 0.05) is 6.54 Å². The zero-order valence-electron chi connectivity index (χ0n) is 19.7. The lowest BCUT2D eigenvalue weighted by Gasteiger charge is -2.22. The van der Waals surface area contributed by atoms with Crippen LogP contribution < -0.4 is 19.7 Å². The number of nitrogens with one attached hydrogen (secondary N) is 2. The van der Waals surface area contributed by atoms with Crippen molar-refractivity contribution in [3.8, 4) is 5.75 Å². The van der Waals surface area contributed by atoms with E-state index in [1.165, 1.54) is 0 Å². The number of carbonyl (C=O) groups is 2. The molecule has 3 aromatic rings. The first-order chi connectivity index (χ1) is 16.8. The standard InChI is InChI=1S/C26H29N3O5S/c1-3-17-34-22-15-13-21(14-16-22)29(35(2,32)33)19-25(30)28-24-12-8-7-11-23(24)26(31)27-18-20-9-5-4-6-10-20/h4-16H,3,17-19H2,1-2H3,(H,27,31)(H,28,30). The van der Waals surface area contributed by atoms with Crippen molar-refractivity contribution >= 4 is 33.2 Å². The van der Waals surface area contributed by atoms with E-state index in [-0.39, 0.29) is 11.5 Å². The van der Waals surface area contributed by atoms with Gasteiger partial charge in [-0.05, 0) is 48.4 Å². The van der Waals surface area contributed by atoms with Gasteiger partial charge in [-0.2, -0.15) is 0 Å². The first-order valence-electron chi connectivity index (χ1n) is 11.2. The van der Waals surface area contributed by atoms with Crippen molar-refractivity contribution in [1.29, 1.82) is 0 Å². The van der Waals surface area contributed by atoms with Crippen molar-refractivity contribution in [1.82, 2.24) is 5.32 Å². The van der Waals surface area contributed by atoms with Crippen LogP contribution >= 0.6 is 0 Å². The first kappa shape index (κ1) is 25.8. The predicted octanol–water partition coefficient (Wildman–Crippen LogP) is 3.81. The van der Waals surface area contributed by atoms with E-state index in [0.717, 1.165) is 22.5 Å². The quantitative estimate of drug-likeness (QED) is 0.421. The van der Waals surface area contributed by atoms with Crippen molar-refractivity contribution in [2.24, 2.45) is 0 Å². The first-order valence-corrected chi connectivity index (χ1v) is 13.0. The number of amides is 2. The summed E-state index contributed by atoms with van der Waals surface area (Å²) >= 11 is 0. The Kier molecular flexibility index (Phi) is 8.86. The van der Waals surface area contributed by atoms with E-state index < -0.39 is 22.5 Å². The zero-order valence-corrected chi connectivity index (χ0v) is 20.5. The van der Waals surface area contributed by atoms with Crippen molar-refractivity contribution in [3.05, 3.63) is 90.0 Å². The Labute approximate surface area is 206 Å². The molecule has 0 aromatic heterocycles. The molecule has 0 atom stereocenters. The van der Waals surface area contributed by atoms with E-state index in [2.05, 4.69) is 10.6 Å². The fourth-order valence-corrected chi connectivity index (χ4v) is 4.17. The number of nitrogens with zero attached hydrogens (tertiary/aromatic N) is 1. The second kappa shape index (κ2) is 12.0. The van der Waals surface area contributed by atoms with Crippen LogP contribution in [0.1, 0.15) is 29.3 Å². The molecule has 0 aliphatic heterocycles. The summed E-state index contributed by atoms with van der Waals surface area (Å²) in [4.78, 5) is 25.6. The van der Waals surface area contributed by atoms with Crippen LogP contribution in [-0.2, 0) is 21.4 Å². The Morgan fingerprint density at radius 1 is 0.914 bits per heavy atom. The minimum absolute atomic E-state index is 0.278. The monoisotopic (exact) mass is 495 g/mol. The summed E-state index contributed by atoms with van der Waals surface area (Å²) < 4.78 is 31.4. The Bertz CT molecular complexity index is 1250. The van der Waals surface area contributed by atoms with Crippen molar-refractivity contribution < 1.29 is 22.7 Å². The maximum atomic E-state index is 12.8. The summed E-state index contributed by atoms with van der Waals surface area (Å²) in [6.07, 6.45) is 1.88. The number of hydrogen-bond acceptors (Lipinski definition) is 5. The third kappa shape index (κ3) is 7.58. The molecule has 0 radical (unpaired) electrons. The summed E-state index contributed by atoms with van der Waals surface area (Å²) in [5.74, 6) is -0.318. The highest BCUT2D eigenvalue weighted by Gasteiger charge is 2.22. The van der Waals surface area contributed by atoms with Crippen LogP contribution in [0, 0.1) is 0 Å². The molecule has 0 aliphatic rings. The number of anilines is 2. The van der Waals surface area contributed by atoms with Gasteiger partial charge in [-0.25, -0.2) is 8.42 Å². The van der Waals surface area contributed by atoms with Gasteiger partial charge in [-0.15, -0.1) is 0 Å².